The molecule has 1 fully saturated rings. The average Bonchev–Trinajstić information content (AvgIpc) is 3.33. The number of nitriles is 1. The summed E-state index contributed by atoms with van der Waals surface area (Å²) in [4.78, 5) is 27.2. The van der Waals surface area contributed by atoms with Gasteiger partial charge in [0.25, 0.3) is 0 Å². The lowest BCUT2D eigenvalue weighted by Crippen LogP contribution is -2.52. The molecule has 1 aliphatic rings. The Labute approximate surface area is 201 Å². The van der Waals surface area contributed by atoms with Crippen molar-refractivity contribution in [3.63, 3.8) is 0 Å². The first kappa shape index (κ1) is 24.9. The molecule has 2 aromatic carbocycles. The number of hydrogen-bond acceptors (Lipinski definition) is 6. The molecule has 0 saturated heterocycles. The molecule has 0 spiro atoms. The van der Waals surface area contributed by atoms with Crippen LogP contribution >= 0.6 is 0 Å². The van der Waals surface area contributed by atoms with E-state index >= 15 is 0 Å². The van der Waals surface area contributed by atoms with Crippen molar-refractivity contribution in [2.24, 2.45) is 0 Å². The molecule has 0 amide bonds. The third kappa shape index (κ3) is 5.77. The second-order valence-corrected chi connectivity index (χ2v) is 8.55. The zero-order valence-electron chi connectivity index (χ0n) is 20.1. The Kier molecular flexibility index (Phi) is 8.33. The molecule has 0 unspecified atom stereocenters. The highest BCUT2D eigenvalue weighted by Crippen LogP contribution is 2.40. The van der Waals surface area contributed by atoms with Gasteiger partial charge < -0.3 is 15.0 Å². The molecule has 1 saturated carbocycles. The Bertz CT molecular complexity index is 1150. The molecule has 0 radical (unpaired) electrons. The quantitative estimate of drug-likeness (QED) is 0.354. The number of aryl methyl sites for hydroxylation is 1. The Morgan fingerprint density at radius 1 is 1.15 bits per heavy atom. The Morgan fingerprint density at radius 2 is 1.91 bits per heavy atom. The summed E-state index contributed by atoms with van der Waals surface area (Å²) in [5, 5.41) is 12.2. The number of Topliss-reactive ketones (excluding diaryl/α,β-unsaturated/α-hetero) is 1. The van der Waals surface area contributed by atoms with Crippen LogP contribution in [0.2, 0.25) is 0 Å². The van der Waals surface area contributed by atoms with Crippen LogP contribution in [0.15, 0.2) is 42.5 Å². The summed E-state index contributed by atoms with van der Waals surface area (Å²) in [5.41, 5.74) is 3.67. The SMILES string of the molecule is CCOC(=O)CC(=O)C1(N(C)c2ccc(C#CCNc3cccc(C#N)c3)cc2C)CCCC1. The van der Waals surface area contributed by atoms with E-state index in [1.54, 1.807) is 19.1 Å². The number of carbonyl (C=O) groups excluding carboxylic acids is 2. The number of nitrogens with zero attached hydrogens (tertiary/aromatic N) is 2. The van der Waals surface area contributed by atoms with Gasteiger partial charge in [-0.05, 0) is 68.7 Å². The first-order valence-corrected chi connectivity index (χ1v) is 11.7. The van der Waals surface area contributed by atoms with Gasteiger partial charge in [-0.25, -0.2) is 0 Å². The second kappa shape index (κ2) is 11.4. The summed E-state index contributed by atoms with van der Waals surface area (Å²) in [7, 11) is 1.95. The van der Waals surface area contributed by atoms with E-state index in [0.717, 1.165) is 48.2 Å². The molecule has 3 rings (SSSR count). The topological polar surface area (TPSA) is 82.4 Å². The number of esters is 1. The minimum Gasteiger partial charge on any atom is -0.466 e. The molecule has 1 N–H and O–H groups in total. The number of nitrogens with one attached hydrogen (secondary N) is 1. The molecule has 6 heteroatoms. The number of likely N-dealkylation sites (N-methyl/N-ethyl adjacent to an activating group) is 1. The van der Waals surface area contributed by atoms with Gasteiger partial charge in [0, 0.05) is 24.0 Å². The largest absolute Gasteiger partial charge is 0.466 e. The molecule has 2 aromatic rings. The lowest BCUT2D eigenvalue weighted by Gasteiger charge is -2.40. The number of rotatable bonds is 8. The van der Waals surface area contributed by atoms with Gasteiger partial charge >= 0.3 is 5.97 Å². The van der Waals surface area contributed by atoms with Crippen LogP contribution in [0.25, 0.3) is 0 Å². The first-order valence-electron chi connectivity index (χ1n) is 11.7. The molecule has 0 atom stereocenters. The summed E-state index contributed by atoms with van der Waals surface area (Å²) in [6, 6.07) is 15.4. The van der Waals surface area contributed by atoms with Gasteiger partial charge in [-0.3, -0.25) is 9.59 Å². The zero-order chi connectivity index (χ0) is 24.6. The molecule has 0 aliphatic heterocycles. The van der Waals surface area contributed by atoms with Crippen molar-refractivity contribution < 1.29 is 14.3 Å². The standard InChI is InChI=1S/C28H31N3O3/c1-4-34-27(33)19-26(32)28(14-5-6-15-28)31(3)25-13-12-22(17-21(25)2)10-8-16-30-24-11-7-9-23(18-24)20-29/h7,9,11-13,17-18,30H,4-6,14-16,19H2,1-3H3. The summed E-state index contributed by atoms with van der Waals surface area (Å²) in [6.07, 6.45) is 3.21. The third-order valence-corrected chi connectivity index (χ3v) is 6.37. The summed E-state index contributed by atoms with van der Waals surface area (Å²) < 4.78 is 5.02. The van der Waals surface area contributed by atoms with Crippen molar-refractivity contribution in [1.29, 1.82) is 5.26 Å². The third-order valence-electron chi connectivity index (χ3n) is 6.37. The highest BCUT2D eigenvalue weighted by molar-refractivity contribution is 6.03. The van der Waals surface area contributed by atoms with E-state index in [-0.39, 0.29) is 18.8 Å². The monoisotopic (exact) mass is 457 g/mol. The lowest BCUT2D eigenvalue weighted by atomic mass is 9.87. The molecular weight excluding hydrogens is 426 g/mol. The maximum Gasteiger partial charge on any atom is 0.313 e. The molecule has 176 valence electrons. The van der Waals surface area contributed by atoms with Gasteiger partial charge in [0.15, 0.2) is 5.78 Å². The Morgan fingerprint density at radius 3 is 2.59 bits per heavy atom. The van der Waals surface area contributed by atoms with Crippen LogP contribution in [-0.2, 0) is 14.3 Å². The van der Waals surface area contributed by atoms with Crippen LogP contribution in [0.3, 0.4) is 0 Å². The fourth-order valence-corrected chi connectivity index (χ4v) is 4.60. The number of ether oxygens (including phenoxy) is 1. The molecule has 1 aliphatic carbocycles. The normalized spacial score (nSPS) is 13.8. The van der Waals surface area contributed by atoms with Crippen LogP contribution in [0.5, 0.6) is 0 Å². The number of ketones is 1. The van der Waals surface area contributed by atoms with Gasteiger partial charge in [0.1, 0.15) is 6.42 Å². The van der Waals surface area contributed by atoms with Gasteiger partial charge in [-0.2, -0.15) is 5.26 Å². The van der Waals surface area contributed by atoms with Crippen LogP contribution < -0.4 is 10.2 Å². The number of hydrogen-bond donors (Lipinski definition) is 1. The first-order chi connectivity index (χ1) is 16.4. The highest BCUT2D eigenvalue weighted by Gasteiger charge is 2.45. The van der Waals surface area contributed by atoms with Crippen molar-refractivity contribution in [3.8, 4) is 17.9 Å². The minimum atomic E-state index is -0.674. The van der Waals surface area contributed by atoms with E-state index in [1.165, 1.54) is 0 Å². The number of anilines is 2. The van der Waals surface area contributed by atoms with E-state index in [1.807, 2.05) is 44.3 Å². The van der Waals surface area contributed by atoms with Crippen LogP contribution in [0, 0.1) is 30.1 Å². The van der Waals surface area contributed by atoms with E-state index in [4.69, 9.17) is 10.00 Å². The summed E-state index contributed by atoms with van der Waals surface area (Å²) in [6.45, 7) is 4.50. The van der Waals surface area contributed by atoms with Crippen molar-refractivity contribution in [2.75, 3.05) is 30.4 Å². The molecule has 6 nitrogen and oxygen atoms in total. The Hall–Kier alpha value is -3.77. The predicted octanol–water partition coefficient (Wildman–Crippen LogP) is 4.60. The van der Waals surface area contributed by atoms with Gasteiger partial charge in [-0.1, -0.05) is 30.7 Å². The van der Waals surface area contributed by atoms with Gasteiger partial charge in [-0.15, -0.1) is 0 Å². The van der Waals surface area contributed by atoms with E-state index in [2.05, 4.69) is 28.1 Å². The molecule has 0 aromatic heterocycles. The molecular formula is C28H31N3O3. The van der Waals surface area contributed by atoms with Crippen molar-refractivity contribution in [3.05, 3.63) is 59.2 Å². The van der Waals surface area contributed by atoms with E-state index in [0.29, 0.717) is 12.1 Å². The lowest BCUT2D eigenvalue weighted by molar-refractivity contribution is -0.146. The van der Waals surface area contributed by atoms with Gasteiger partial charge in [0.2, 0.25) is 0 Å². The highest BCUT2D eigenvalue weighted by atomic mass is 16.5. The fourth-order valence-electron chi connectivity index (χ4n) is 4.60. The Balaban J connectivity index is 1.71. The van der Waals surface area contributed by atoms with E-state index < -0.39 is 11.5 Å². The fraction of sp³-hybridized carbons (Fsp3) is 0.393. The summed E-state index contributed by atoms with van der Waals surface area (Å²) in [5.74, 6) is 5.76. The van der Waals surface area contributed by atoms with Crippen molar-refractivity contribution >= 4 is 23.1 Å². The summed E-state index contributed by atoms with van der Waals surface area (Å²) >= 11 is 0. The van der Waals surface area contributed by atoms with Crippen LogP contribution in [0.4, 0.5) is 11.4 Å². The number of carbonyl (C=O) groups is 2. The van der Waals surface area contributed by atoms with E-state index in [9.17, 15) is 9.59 Å². The smallest absolute Gasteiger partial charge is 0.313 e. The molecule has 34 heavy (non-hydrogen) atoms. The van der Waals surface area contributed by atoms with Crippen molar-refractivity contribution in [2.45, 2.75) is 51.5 Å². The molecule has 0 heterocycles. The van der Waals surface area contributed by atoms with Crippen LogP contribution in [-0.4, -0.2) is 37.5 Å². The van der Waals surface area contributed by atoms with Crippen LogP contribution in [0.1, 0.15) is 55.7 Å². The maximum atomic E-state index is 13.2. The number of benzene rings is 2. The zero-order valence-corrected chi connectivity index (χ0v) is 20.1. The average molecular weight is 458 g/mol. The predicted molar refractivity (Wildman–Crippen MR) is 134 cm³/mol. The van der Waals surface area contributed by atoms with Gasteiger partial charge in [0.05, 0.1) is 30.3 Å². The maximum absolute atomic E-state index is 13.2. The second-order valence-electron chi connectivity index (χ2n) is 8.55. The minimum absolute atomic E-state index is 0.0687. The molecule has 0 bridgehead atoms. The van der Waals surface area contributed by atoms with Crippen molar-refractivity contribution in [1.82, 2.24) is 0 Å².